The Hall–Kier alpha value is -1.48. The van der Waals surface area contributed by atoms with E-state index in [4.69, 9.17) is 0 Å². The molecule has 2 heterocycles. The normalized spacial score (nSPS) is 14.7. The first-order valence-electron chi connectivity index (χ1n) is 6.86. The molecule has 0 aliphatic heterocycles. The lowest BCUT2D eigenvalue weighted by Gasteiger charge is -1.98. The van der Waals surface area contributed by atoms with Gasteiger partial charge in [-0.05, 0) is 48.9 Å². The highest BCUT2D eigenvalue weighted by Crippen LogP contribution is 2.29. The van der Waals surface area contributed by atoms with Gasteiger partial charge in [0.05, 0.1) is 4.88 Å². The Bertz CT molecular complexity index is 550. The van der Waals surface area contributed by atoms with Crippen LogP contribution in [0.3, 0.4) is 0 Å². The number of aryl methyl sites for hydroxylation is 2. The molecule has 1 aliphatic carbocycles. The Morgan fingerprint density at radius 3 is 3.00 bits per heavy atom. The largest absolute Gasteiger partial charge is 0.293 e. The fourth-order valence-electron chi connectivity index (χ4n) is 2.58. The topological polar surface area (TPSA) is 30.0 Å². The molecular formula is C16H17NOS. The molecule has 0 atom stereocenters. The van der Waals surface area contributed by atoms with E-state index in [2.05, 4.69) is 11.1 Å². The molecule has 0 radical (unpaired) electrons. The molecule has 98 valence electrons. The van der Waals surface area contributed by atoms with Gasteiger partial charge in [-0.2, -0.15) is 0 Å². The van der Waals surface area contributed by atoms with Crippen molar-refractivity contribution in [1.82, 2.24) is 4.98 Å². The third kappa shape index (κ3) is 2.92. The second kappa shape index (κ2) is 5.66. The first kappa shape index (κ1) is 12.5. The number of nitrogens with zero attached hydrogens (tertiary/aromatic N) is 1. The van der Waals surface area contributed by atoms with Gasteiger partial charge in [-0.3, -0.25) is 9.78 Å². The van der Waals surface area contributed by atoms with Crippen molar-refractivity contribution in [2.24, 2.45) is 0 Å². The van der Waals surface area contributed by atoms with Gasteiger partial charge in [0.2, 0.25) is 0 Å². The number of pyridine rings is 1. The van der Waals surface area contributed by atoms with Crippen molar-refractivity contribution in [1.29, 1.82) is 0 Å². The van der Waals surface area contributed by atoms with Crippen LogP contribution < -0.4 is 0 Å². The summed E-state index contributed by atoms with van der Waals surface area (Å²) in [6, 6.07) is 5.97. The molecule has 1 aliphatic rings. The van der Waals surface area contributed by atoms with Crippen LogP contribution in [0.5, 0.6) is 0 Å². The van der Waals surface area contributed by atoms with E-state index in [-0.39, 0.29) is 5.78 Å². The number of hydrogen-bond acceptors (Lipinski definition) is 3. The van der Waals surface area contributed by atoms with Crippen LogP contribution in [-0.2, 0) is 19.3 Å². The van der Waals surface area contributed by atoms with Gasteiger partial charge in [-0.1, -0.05) is 12.5 Å². The summed E-state index contributed by atoms with van der Waals surface area (Å²) in [5.74, 6) is 0.228. The molecular weight excluding hydrogens is 254 g/mol. The maximum atomic E-state index is 12.3. The molecule has 2 aromatic rings. The van der Waals surface area contributed by atoms with Crippen LogP contribution in [0, 0.1) is 0 Å². The van der Waals surface area contributed by atoms with E-state index in [0.717, 1.165) is 23.3 Å². The molecule has 0 amide bonds. The third-order valence-corrected chi connectivity index (χ3v) is 4.89. The highest BCUT2D eigenvalue weighted by Gasteiger charge is 2.16. The van der Waals surface area contributed by atoms with Crippen LogP contribution in [0.4, 0.5) is 0 Å². The van der Waals surface area contributed by atoms with Crippen LogP contribution in [0.2, 0.25) is 0 Å². The fourth-order valence-corrected chi connectivity index (χ4v) is 3.77. The predicted octanol–water partition coefficient (Wildman–Crippen LogP) is 3.84. The summed E-state index contributed by atoms with van der Waals surface area (Å²) in [6.07, 6.45) is 10.1. The summed E-state index contributed by atoms with van der Waals surface area (Å²) in [4.78, 5) is 18.7. The molecule has 0 aromatic carbocycles. The first-order chi connectivity index (χ1) is 9.33. The number of thiophene rings is 1. The average Bonchev–Trinajstić information content (AvgIpc) is 2.72. The summed E-state index contributed by atoms with van der Waals surface area (Å²) in [7, 11) is 0. The average molecular weight is 271 g/mol. The summed E-state index contributed by atoms with van der Waals surface area (Å²) < 4.78 is 0. The van der Waals surface area contributed by atoms with Crippen LogP contribution in [0.1, 0.15) is 44.9 Å². The molecule has 2 nitrogen and oxygen atoms in total. The summed E-state index contributed by atoms with van der Waals surface area (Å²) in [5.41, 5.74) is 2.41. The molecule has 0 spiro atoms. The van der Waals surface area contributed by atoms with E-state index in [0.29, 0.717) is 6.42 Å². The third-order valence-electron chi connectivity index (χ3n) is 3.61. The Morgan fingerprint density at radius 1 is 1.26 bits per heavy atom. The molecule has 0 saturated heterocycles. The van der Waals surface area contributed by atoms with Gasteiger partial charge in [0.1, 0.15) is 0 Å². The van der Waals surface area contributed by atoms with E-state index in [1.807, 2.05) is 12.1 Å². The van der Waals surface area contributed by atoms with Gasteiger partial charge in [0.25, 0.3) is 0 Å². The van der Waals surface area contributed by atoms with E-state index in [1.54, 1.807) is 23.7 Å². The van der Waals surface area contributed by atoms with E-state index in [1.165, 1.54) is 29.7 Å². The molecule has 3 heteroatoms. The molecule has 19 heavy (non-hydrogen) atoms. The Balaban J connectivity index is 1.77. The number of carbonyl (C=O) groups excluding carboxylic acids is 1. The van der Waals surface area contributed by atoms with Crippen LogP contribution in [-0.4, -0.2) is 10.8 Å². The number of aromatic nitrogens is 1. The van der Waals surface area contributed by atoms with Crippen molar-refractivity contribution in [3.63, 3.8) is 0 Å². The molecule has 0 unspecified atom stereocenters. The first-order valence-corrected chi connectivity index (χ1v) is 7.68. The van der Waals surface area contributed by atoms with Gasteiger partial charge in [-0.25, -0.2) is 0 Å². The number of rotatable bonds is 3. The Morgan fingerprint density at radius 2 is 2.16 bits per heavy atom. The maximum absolute atomic E-state index is 12.3. The molecule has 2 aromatic heterocycles. The minimum atomic E-state index is 0.228. The highest BCUT2D eigenvalue weighted by atomic mass is 32.1. The van der Waals surface area contributed by atoms with Gasteiger partial charge in [0.15, 0.2) is 5.78 Å². The minimum Gasteiger partial charge on any atom is -0.293 e. The van der Waals surface area contributed by atoms with Crippen molar-refractivity contribution in [2.45, 2.75) is 38.5 Å². The second-order valence-electron chi connectivity index (χ2n) is 5.08. The summed E-state index contributed by atoms with van der Waals surface area (Å²) in [5, 5.41) is 0. The number of ketones is 1. The lowest BCUT2D eigenvalue weighted by atomic mass is 10.1. The Labute approximate surface area is 117 Å². The van der Waals surface area contributed by atoms with E-state index >= 15 is 0 Å². The lowest BCUT2D eigenvalue weighted by Crippen LogP contribution is -2.01. The van der Waals surface area contributed by atoms with Gasteiger partial charge < -0.3 is 0 Å². The van der Waals surface area contributed by atoms with Crippen LogP contribution in [0.25, 0.3) is 0 Å². The zero-order valence-electron chi connectivity index (χ0n) is 10.9. The smallest absolute Gasteiger partial charge is 0.177 e. The van der Waals surface area contributed by atoms with Crippen molar-refractivity contribution in [3.8, 4) is 0 Å². The summed E-state index contributed by atoms with van der Waals surface area (Å²) in [6.45, 7) is 0. The summed E-state index contributed by atoms with van der Waals surface area (Å²) >= 11 is 1.71. The van der Waals surface area contributed by atoms with Crippen molar-refractivity contribution in [3.05, 3.63) is 51.5 Å². The molecule has 0 saturated carbocycles. The minimum absolute atomic E-state index is 0.228. The molecule has 0 fully saturated rings. The second-order valence-corrected chi connectivity index (χ2v) is 6.22. The molecule has 3 rings (SSSR count). The van der Waals surface area contributed by atoms with Crippen LogP contribution in [0.15, 0.2) is 30.6 Å². The van der Waals surface area contributed by atoms with Crippen molar-refractivity contribution >= 4 is 17.1 Å². The number of fused-ring (bicyclic) bond motifs is 1. The number of carbonyl (C=O) groups is 1. The predicted molar refractivity (Wildman–Crippen MR) is 77.8 cm³/mol. The highest BCUT2D eigenvalue weighted by molar-refractivity contribution is 7.14. The van der Waals surface area contributed by atoms with Crippen LogP contribution >= 0.6 is 11.3 Å². The van der Waals surface area contributed by atoms with E-state index < -0.39 is 0 Å². The zero-order chi connectivity index (χ0) is 13.1. The lowest BCUT2D eigenvalue weighted by molar-refractivity contribution is 0.0996. The quantitative estimate of drug-likeness (QED) is 0.627. The zero-order valence-corrected chi connectivity index (χ0v) is 11.7. The van der Waals surface area contributed by atoms with E-state index in [9.17, 15) is 4.79 Å². The molecule has 0 N–H and O–H groups in total. The Kier molecular flexibility index (Phi) is 3.74. The fraction of sp³-hybridized carbons (Fsp3) is 0.375. The standard InChI is InChI=1S/C16H17NOS/c18-14(9-12-5-4-8-17-11-12)16-10-13-6-2-1-3-7-15(13)19-16/h4-5,8,10-11H,1-3,6-7,9H2. The SMILES string of the molecule is O=C(Cc1cccnc1)c1cc2c(s1)CCCCC2. The molecule has 0 bridgehead atoms. The van der Waals surface area contributed by atoms with Crippen molar-refractivity contribution in [2.75, 3.05) is 0 Å². The van der Waals surface area contributed by atoms with Gasteiger partial charge >= 0.3 is 0 Å². The van der Waals surface area contributed by atoms with Crippen molar-refractivity contribution < 1.29 is 4.79 Å². The maximum Gasteiger partial charge on any atom is 0.177 e. The number of hydrogen-bond donors (Lipinski definition) is 0. The van der Waals surface area contributed by atoms with Gasteiger partial charge in [-0.15, -0.1) is 11.3 Å². The van der Waals surface area contributed by atoms with Gasteiger partial charge in [0, 0.05) is 23.7 Å². The number of Topliss-reactive ketones (excluding diaryl/α,β-unsaturated/α-hetero) is 1. The monoisotopic (exact) mass is 271 g/mol.